The number of hydrogen-bond acceptors (Lipinski definition) is 2. The van der Waals surface area contributed by atoms with E-state index in [-0.39, 0.29) is 0 Å². The highest BCUT2D eigenvalue weighted by atomic mass is 15.6. The van der Waals surface area contributed by atoms with Gasteiger partial charge in [-0.1, -0.05) is 18.2 Å². The molecule has 5 aliphatic rings. The summed E-state index contributed by atoms with van der Waals surface area (Å²) in [7, 11) is 0. The minimum Gasteiger partial charge on any atom is -0.270 e. The third-order valence-corrected chi connectivity index (χ3v) is 8.08. The molecule has 0 N–H and O–H groups in total. The molecule has 7 rings (SSSR count). The molecule has 26 heavy (non-hydrogen) atoms. The summed E-state index contributed by atoms with van der Waals surface area (Å²) in [6.07, 6.45) is 9.62. The highest BCUT2D eigenvalue weighted by molar-refractivity contribution is 5.80. The molecule has 2 aliphatic carbocycles. The molecule has 1 atom stereocenters. The van der Waals surface area contributed by atoms with Crippen molar-refractivity contribution in [3.8, 4) is 0 Å². The second-order valence-corrected chi connectivity index (χ2v) is 9.19. The number of aryl methyl sites for hydroxylation is 1. The Hall–Kier alpha value is -1.87. The smallest absolute Gasteiger partial charge is 0.200 e. The van der Waals surface area contributed by atoms with Gasteiger partial charge in [-0.15, -0.1) is 0 Å². The van der Waals surface area contributed by atoms with E-state index in [9.17, 15) is 0 Å². The number of quaternary nitrogens is 1. The molecule has 1 aromatic carbocycles. The number of benzene rings is 1. The number of pyridine rings is 1. The van der Waals surface area contributed by atoms with Gasteiger partial charge in [-0.25, -0.2) is 4.98 Å². The lowest BCUT2D eigenvalue weighted by Gasteiger charge is -2.62. The average Bonchev–Trinajstić information content (AvgIpc) is 2.89. The van der Waals surface area contributed by atoms with E-state index in [4.69, 9.17) is 4.98 Å². The van der Waals surface area contributed by atoms with Crippen LogP contribution in [0.15, 0.2) is 42.6 Å². The lowest BCUT2D eigenvalue weighted by Crippen LogP contribution is -2.75. The molecule has 3 aliphatic heterocycles. The maximum absolute atomic E-state index is 4.93. The van der Waals surface area contributed by atoms with E-state index in [0.717, 1.165) is 23.9 Å². The van der Waals surface area contributed by atoms with Gasteiger partial charge in [0.1, 0.15) is 0 Å². The van der Waals surface area contributed by atoms with Gasteiger partial charge in [-0.05, 0) is 42.9 Å². The maximum Gasteiger partial charge on any atom is 0.200 e. The van der Waals surface area contributed by atoms with Crippen molar-refractivity contribution >= 4 is 17.2 Å². The van der Waals surface area contributed by atoms with Gasteiger partial charge >= 0.3 is 0 Å². The summed E-state index contributed by atoms with van der Waals surface area (Å²) < 4.78 is 1.19. The van der Waals surface area contributed by atoms with Gasteiger partial charge in [0.15, 0.2) is 17.7 Å². The third kappa shape index (κ3) is 1.70. The van der Waals surface area contributed by atoms with E-state index in [2.05, 4.69) is 55.1 Å². The molecule has 2 saturated carbocycles. The number of anilines is 2. The quantitative estimate of drug-likeness (QED) is 0.663. The first-order valence-corrected chi connectivity index (χ1v) is 10.4. The minimum atomic E-state index is 0.441. The van der Waals surface area contributed by atoms with Crippen molar-refractivity contribution in [3.63, 3.8) is 0 Å². The van der Waals surface area contributed by atoms with Crippen LogP contribution in [0.5, 0.6) is 0 Å². The number of aromatic nitrogens is 1. The Labute approximate surface area is 156 Å². The van der Waals surface area contributed by atoms with Crippen molar-refractivity contribution in [3.05, 3.63) is 48.2 Å². The Morgan fingerprint density at radius 2 is 1.62 bits per heavy atom. The molecule has 0 radical (unpaired) electrons. The molecule has 2 saturated heterocycles. The first kappa shape index (κ1) is 15.2. The number of nitrogens with zero attached hydrogens (tertiary/aromatic N) is 3. The summed E-state index contributed by atoms with van der Waals surface area (Å²) in [5.74, 6) is 3.18. The molecule has 1 aromatic heterocycles. The molecular formula is C23H28N3+. The zero-order valence-electron chi connectivity index (χ0n) is 15.8. The molecule has 1 spiro atoms. The van der Waals surface area contributed by atoms with Crippen LogP contribution >= 0.6 is 0 Å². The number of hydrogen-bond donors (Lipinski definition) is 0. The first-order valence-electron chi connectivity index (χ1n) is 10.4. The molecule has 1 unspecified atom stereocenters. The van der Waals surface area contributed by atoms with Crippen LogP contribution in [0.2, 0.25) is 0 Å². The van der Waals surface area contributed by atoms with E-state index in [1.807, 2.05) is 6.20 Å². The van der Waals surface area contributed by atoms with Crippen LogP contribution in [-0.2, 0) is 0 Å². The molecule has 3 nitrogen and oxygen atoms in total. The molecule has 2 aromatic rings. The van der Waals surface area contributed by atoms with Crippen LogP contribution in [0.25, 0.3) is 0 Å². The van der Waals surface area contributed by atoms with Crippen LogP contribution < -0.4 is 9.38 Å². The molecule has 4 fully saturated rings. The third-order valence-electron chi connectivity index (χ3n) is 8.08. The van der Waals surface area contributed by atoms with Gasteiger partial charge in [-0.3, -0.25) is 9.38 Å². The zero-order chi connectivity index (χ0) is 17.5. The largest absolute Gasteiger partial charge is 0.270 e. The van der Waals surface area contributed by atoms with Crippen LogP contribution in [0.1, 0.15) is 44.6 Å². The van der Waals surface area contributed by atoms with E-state index in [1.165, 1.54) is 59.3 Å². The molecule has 4 bridgehead atoms. The molecular weight excluding hydrogens is 318 g/mol. The number of para-hydroxylation sites is 1. The van der Waals surface area contributed by atoms with E-state index >= 15 is 0 Å². The van der Waals surface area contributed by atoms with Gasteiger partial charge in [-0.2, -0.15) is 0 Å². The standard InChI is InChI=1S/C23H28N3/c1-15-6-3-4-7-21(15)25-16(2)26(22-8-5-9-24-23(22)25)19-11-17-10-18(13-19)14-20(26)12-17/h3-9,16-20H,10-14H2,1-2H3/q+1. The van der Waals surface area contributed by atoms with Crippen LogP contribution in [-0.4, -0.2) is 23.2 Å². The Balaban J connectivity index is 1.57. The Morgan fingerprint density at radius 3 is 2.31 bits per heavy atom. The van der Waals surface area contributed by atoms with Gasteiger partial charge in [0.25, 0.3) is 0 Å². The van der Waals surface area contributed by atoms with E-state index < -0.39 is 0 Å². The maximum atomic E-state index is 4.93. The lowest BCUT2D eigenvalue weighted by atomic mass is 9.62. The highest BCUT2D eigenvalue weighted by Crippen LogP contribution is 2.61. The highest BCUT2D eigenvalue weighted by Gasteiger charge is 2.65. The zero-order valence-corrected chi connectivity index (χ0v) is 15.8. The SMILES string of the molecule is Cc1ccccc1N1c2ncccc2[N+]2(C3CC4CC(C3)CC2C4)C1C. The van der Waals surface area contributed by atoms with Crippen LogP contribution in [0.3, 0.4) is 0 Å². The summed E-state index contributed by atoms with van der Waals surface area (Å²) in [5, 5.41) is 0. The number of rotatable bonds is 1. The Kier molecular flexibility index (Phi) is 2.98. The minimum absolute atomic E-state index is 0.441. The summed E-state index contributed by atoms with van der Waals surface area (Å²) in [6.45, 7) is 4.70. The van der Waals surface area contributed by atoms with Crippen LogP contribution in [0.4, 0.5) is 17.2 Å². The summed E-state index contributed by atoms with van der Waals surface area (Å²) in [5.41, 5.74) is 4.18. The predicted octanol–water partition coefficient (Wildman–Crippen LogP) is 5.16. The van der Waals surface area contributed by atoms with Crippen molar-refractivity contribution in [2.75, 3.05) is 4.90 Å². The van der Waals surface area contributed by atoms with Gasteiger partial charge in [0.05, 0.1) is 17.8 Å². The second-order valence-electron chi connectivity index (χ2n) is 9.19. The normalized spacial score (nSPS) is 39.6. The summed E-state index contributed by atoms with van der Waals surface area (Å²) >= 11 is 0. The fourth-order valence-corrected chi connectivity index (χ4v) is 7.37. The average molecular weight is 346 g/mol. The summed E-state index contributed by atoms with van der Waals surface area (Å²) in [4.78, 5) is 7.49. The first-order chi connectivity index (χ1) is 12.7. The Bertz CT molecular complexity index is 845. The monoisotopic (exact) mass is 346 g/mol. The van der Waals surface area contributed by atoms with Crippen molar-refractivity contribution in [2.24, 2.45) is 11.8 Å². The fourth-order valence-electron chi connectivity index (χ4n) is 7.37. The summed E-state index contributed by atoms with van der Waals surface area (Å²) in [6, 6.07) is 15.0. The second kappa shape index (κ2) is 5.10. The van der Waals surface area contributed by atoms with Crippen molar-refractivity contribution < 1.29 is 0 Å². The molecule has 134 valence electrons. The molecule has 0 amide bonds. The van der Waals surface area contributed by atoms with E-state index in [0.29, 0.717) is 6.17 Å². The lowest BCUT2D eigenvalue weighted by molar-refractivity contribution is -0.0651. The van der Waals surface area contributed by atoms with Crippen molar-refractivity contribution in [1.29, 1.82) is 0 Å². The molecule has 3 heteroatoms. The van der Waals surface area contributed by atoms with Gasteiger partial charge in [0, 0.05) is 44.9 Å². The van der Waals surface area contributed by atoms with Gasteiger partial charge < -0.3 is 0 Å². The fraction of sp³-hybridized carbons (Fsp3) is 0.522. The van der Waals surface area contributed by atoms with Crippen molar-refractivity contribution in [1.82, 2.24) is 9.47 Å². The number of piperidine rings is 2. The van der Waals surface area contributed by atoms with E-state index in [1.54, 1.807) is 0 Å². The van der Waals surface area contributed by atoms with Gasteiger partial charge in [0.2, 0.25) is 0 Å². The molecule has 4 heterocycles. The topological polar surface area (TPSA) is 16.1 Å². The van der Waals surface area contributed by atoms with Crippen LogP contribution in [0, 0.1) is 18.8 Å². The predicted molar refractivity (Wildman–Crippen MR) is 106 cm³/mol. The van der Waals surface area contributed by atoms with Crippen molar-refractivity contribution in [2.45, 2.75) is 64.2 Å². The Morgan fingerprint density at radius 1 is 0.923 bits per heavy atom. The number of fused-ring (bicyclic) bond motifs is 1.